The molecular formula is C22H21FN2O. The molecule has 4 rings (SSSR count). The summed E-state index contributed by atoms with van der Waals surface area (Å²) in [6, 6.07) is 10.3. The average molecular weight is 348 g/mol. The molecule has 0 radical (unpaired) electrons. The number of nitrogens with zero attached hydrogens (tertiary/aromatic N) is 1. The van der Waals surface area contributed by atoms with Gasteiger partial charge < -0.3 is 5.32 Å². The van der Waals surface area contributed by atoms with Crippen LogP contribution in [0.1, 0.15) is 48.9 Å². The van der Waals surface area contributed by atoms with Crippen molar-refractivity contribution < 1.29 is 9.18 Å². The van der Waals surface area contributed by atoms with Crippen LogP contribution in [0.5, 0.6) is 0 Å². The summed E-state index contributed by atoms with van der Waals surface area (Å²) in [7, 11) is 0. The van der Waals surface area contributed by atoms with Gasteiger partial charge in [0, 0.05) is 23.4 Å². The molecule has 1 aliphatic carbocycles. The molecule has 1 aromatic heterocycles. The minimum Gasteiger partial charge on any atom is -0.352 e. The molecule has 2 heterocycles. The van der Waals surface area contributed by atoms with Gasteiger partial charge in [-0.25, -0.2) is 4.39 Å². The molecule has 3 nitrogen and oxygen atoms in total. The summed E-state index contributed by atoms with van der Waals surface area (Å²) < 4.78 is 13.2. The number of aromatic nitrogens is 1. The van der Waals surface area contributed by atoms with Crippen molar-refractivity contribution in [3.8, 4) is 11.8 Å². The molecule has 1 amide bonds. The Bertz CT molecular complexity index is 881. The summed E-state index contributed by atoms with van der Waals surface area (Å²) in [6.07, 6.45) is 5.00. The number of hydrogen-bond donors (Lipinski definition) is 1. The van der Waals surface area contributed by atoms with Crippen molar-refractivity contribution in [3.63, 3.8) is 0 Å². The number of carbonyl (C=O) groups is 1. The van der Waals surface area contributed by atoms with Crippen molar-refractivity contribution in [2.45, 2.75) is 38.1 Å². The lowest BCUT2D eigenvalue weighted by atomic mass is 9.75. The second-order valence-corrected chi connectivity index (χ2v) is 7.41. The van der Waals surface area contributed by atoms with Crippen LogP contribution in [0.4, 0.5) is 4.39 Å². The minimum absolute atomic E-state index is 0.0974. The van der Waals surface area contributed by atoms with Gasteiger partial charge in [0.2, 0.25) is 5.91 Å². The molecule has 4 atom stereocenters. The van der Waals surface area contributed by atoms with E-state index in [0.29, 0.717) is 17.4 Å². The molecular weight excluding hydrogens is 327 g/mol. The third-order valence-corrected chi connectivity index (χ3v) is 5.48. The molecule has 1 aromatic carbocycles. The Labute approximate surface area is 153 Å². The fraction of sp³-hybridized carbons (Fsp3) is 0.364. The number of pyridine rings is 1. The maximum Gasteiger partial charge on any atom is 0.229 e. The van der Waals surface area contributed by atoms with E-state index >= 15 is 0 Å². The van der Waals surface area contributed by atoms with Crippen LogP contribution in [0.3, 0.4) is 0 Å². The first-order valence-electron chi connectivity index (χ1n) is 9.14. The second-order valence-electron chi connectivity index (χ2n) is 7.41. The smallest absolute Gasteiger partial charge is 0.229 e. The van der Waals surface area contributed by atoms with Crippen LogP contribution >= 0.6 is 0 Å². The van der Waals surface area contributed by atoms with E-state index in [1.165, 1.54) is 18.6 Å². The first-order valence-corrected chi connectivity index (χ1v) is 9.14. The molecule has 2 unspecified atom stereocenters. The quantitative estimate of drug-likeness (QED) is 0.800. The van der Waals surface area contributed by atoms with Gasteiger partial charge in [-0.3, -0.25) is 9.78 Å². The van der Waals surface area contributed by atoms with Gasteiger partial charge in [-0.2, -0.15) is 0 Å². The first-order chi connectivity index (χ1) is 12.6. The van der Waals surface area contributed by atoms with Gasteiger partial charge in [-0.15, -0.1) is 0 Å². The molecule has 0 bridgehead atoms. The topological polar surface area (TPSA) is 42.0 Å². The van der Waals surface area contributed by atoms with Crippen molar-refractivity contribution in [2.75, 3.05) is 0 Å². The van der Waals surface area contributed by atoms with Gasteiger partial charge in [-0.05, 0) is 55.0 Å². The SMILES string of the molecule is C[C@@H]1CCC2C(C1)NC(=O)[C@@H]2c1ccc(C#Cc2cccc(F)c2)cn1. The van der Waals surface area contributed by atoms with Crippen LogP contribution in [0.15, 0.2) is 42.6 Å². The highest BCUT2D eigenvalue weighted by Crippen LogP contribution is 2.42. The lowest BCUT2D eigenvalue weighted by Crippen LogP contribution is -2.34. The first kappa shape index (κ1) is 16.8. The fourth-order valence-corrected chi connectivity index (χ4v) is 4.16. The molecule has 1 N–H and O–H groups in total. The van der Waals surface area contributed by atoms with E-state index in [1.54, 1.807) is 18.3 Å². The number of carbonyl (C=O) groups excluding carboxylic acids is 1. The molecule has 1 aliphatic heterocycles. The van der Waals surface area contributed by atoms with E-state index in [9.17, 15) is 9.18 Å². The Kier molecular flexibility index (Phi) is 4.46. The number of amides is 1. The number of fused-ring (bicyclic) bond motifs is 1. The van der Waals surface area contributed by atoms with Crippen molar-refractivity contribution >= 4 is 5.91 Å². The van der Waals surface area contributed by atoms with Crippen LogP contribution in [0.25, 0.3) is 0 Å². The Morgan fingerprint density at radius 2 is 2.00 bits per heavy atom. The normalized spacial score (nSPS) is 27.2. The highest BCUT2D eigenvalue weighted by molar-refractivity contribution is 5.86. The van der Waals surface area contributed by atoms with E-state index < -0.39 is 0 Å². The number of halogens is 1. The van der Waals surface area contributed by atoms with Crippen LogP contribution in [0.2, 0.25) is 0 Å². The zero-order valence-corrected chi connectivity index (χ0v) is 14.7. The summed E-state index contributed by atoms with van der Waals surface area (Å²) >= 11 is 0. The summed E-state index contributed by atoms with van der Waals surface area (Å²) in [5, 5.41) is 3.16. The van der Waals surface area contributed by atoms with Crippen LogP contribution in [-0.4, -0.2) is 16.9 Å². The van der Waals surface area contributed by atoms with Gasteiger partial charge in [0.15, 0.2) is 0 Å². The summed E-state index contributed by atoms with van der Waals surface area (Å²) in [5.41, 5.74) is 2.20. The molecule has 2 fully saturated rings. The average Bonchev–Trinajstić information content (AvgIpc) is 2.95. The monoisotopic (exact) mass is 348 g/mol. The van der Waals surface area contributed by atoms with Gasteiger partial charge >= 0.3 is 0 Å². The van der Waals surface area contributed by atoms with Crippen molar-refractivity contribution in [2.24, 2.45) is 11.8 Å². The summed E-state index contributed by atoms with van der Waals surface area (Å²) in [6.45, 7) is 2.25. The lowest BCUT2D eigenvalue weighted by Gasteiger charge is -2.30. The molecule has 0 spiro atoms. The van der Waals surface area contributed by atoms with Gasteiger partial charge in [-0.1, -0.05) is 31.3 Å². The Morgan fingerprint density at radius 1 is 1.15 bits per heavy atom. The van der Waals surface area contributed by atoms with Crippen molar-refractivity contribution in [1.82, 2.24) is 10.3 Å². The molecule has 4 heteroatoms. The highest BCUT2D eigenvalue weighted by atomic mass is 19.1. The van der Waals surface area contributed by atoms with Crippen LogP contribution in [0, 0.1) is 29.5 Å². The standard InChI is InChI=1S/C22H21FN2O/c1-14-5-9-18-20(11-14)25-22(26)21(18)19-10-8-16(13-24-19)7-6-15-3-2-4-17(23)12-15/h2-4,8,10,12-14,18,20-21H,5,9,11H2,1H3,(H,25,26)/t14-,18?,20?,21+/m1/s1. The van der Waals surface area contributed by atoms with Gasteiger partial charge in [0.05, 0.1) is 11.6 Å². The van der Waals surface area contributed by atoms with E-state index in [1.807, 2.05) is 12.1 Å². The zero-order chi connectivity index (χ0) is 18.1. The van der Waals surface area contributed by atoms with Gasteiger partial charge in [0.25, 0.3) is 0 Å². The third kappa shape index (κ3) is 3.35. The van der Waals surface area contributed by atoms with E-state index in [4.69, 9.17) is 0 Å². The molecule has 1 saturated heterocycles. The Hall–Kier alpha value is -2.67. The predicted octanol–water partition coefficient (Wildman–Crippen LogP) is 3.64. The Morgan fingerprint density at radius 3 is 2.77 bits per heavy atom. The minimum atomic E-state index is -0.297. The summed E-state index contributed by atoms with van der Waals surface area (Å²) in [4.78, 5) is 17.0. The zero-order valence-electron chi connectivity index (χ0n) is 14.7. The van der Waals surface area contributed by atoms with Crippen molar-refractivity contribution in [3.05, 3.63) is 65.2 Å². The fourth-order valence-electron chi connectivity index (χ4n) is 4.16. The number of rotatable bonds is 1. The molecule has 26 heavy (non-hydrogen) atoms. The van der Waals surface area contributed by atoms with E-state index in [-0.39, 0.29) is 23.7 Å². The van der Waals surface area contributed by atoms with Crippen LogP contribution in [-0.2, 0) is 4.79 Å². The largest absolute Gasteiger partial charge is 0.352 e. The summed E-state index contributed by atoms with van der Waals surface area (Å²) in [5.74, 6) is 6.60. The van der Waals surface area contributed by atoms with Crippen LogP contribution < -0.4 is 5.32 Å². The Balaban J connectivity index is 1.52. The number of nitrogens with one attached hydrogen (secondary N) is 1. The van der Waals surface area contributed by atoms with Gasteiger partial charge in [0.1, 0.15) is 5.82 Å². The number of benzene rings is 1. The number of hydrogen-bond acceptors (Lipinski definition) is 2. The molecule has 1 saturated carbocycles. The third-order valence-electron chi connectivity index (χ3n) is 5.48. The lowest BCUT2D eigenvalue weighted by molar-refractivity contribution is -0.120. The molecule has 2 aromatic rings. The van der Waals surface area contributed by atoms with Crippen molar-refractivity contribution in [1.29, 1.82) is 0 Å². The maximum atomic E-state index is 13.2. The maximum absolute atomic E-state index is 13.2. The van der Waals surface area contributed by atoms with E-state index in [0.717, 1.165) is 24.1 Å². The predicted molar refractivity (Wildman–Crippen MR) is 97.8 cm³/mol. The molecule has 132 valence electrons. The second kappa shape index (κ2) is 6.92. The highest BCUT2D eigenvalue weighted by Gasteiger charge is 2.45. The molecule has 2 aliphatic rings. The van der Waals surface area contributed by atoms with E-state index in [2.05, 4.69) is 29.1 Å².